The highest BCUT2D eigenvalue weighted by atomic mass is 16.5. The van der Waals surface area contributed by atoms with Gasteiger partial charge >= 0.3 is 0 Å². The van der Waals surface area contributed by atoms with Crippen molar-refractivity contribution in [3.8, 4) is 0 Å². The van der Waals surface area contributed by atoms with E-state index in [0.717, 1.165) is 37.0 Å². The minimum atomic E-state index is -0.0438. The quantitative estimate of drug-likeness (QED) is 0.877. The van der Waals surface area contributed by atoms with Crippen molar-refractivity contribution in [2.24, 2.45) is 11.7 Å². The van der Waals surface area contributed by atoms with Crippen molar-refractivity contribution in [3.05, 3.63) is 35.4 Å². The number of amides is 1. The Morgan fingerprint density at radius 2 is 2.25 bits per heavy atom. The monoisotopic (exact) mass is 274 g/mol. The molecule has 1 heterocycles. The first-order valence-electron chi connectivity index (χ1n) is 7.48. The number of rotatable bonds is 3. The summed E-state index contributed by atoms with van der Waals surface area (Å²) in [6.45, 7) is 2.84. The third-order valence-electron chi connectivity index (χ3n) is 4.62. The molecule has 0 bridgehead atoms. The number of ether oxygens (including phenoxy) is 1. The molecule has 4 atom stereocenters. The van der Waals surface area contributed by atoms with Gasteiger partial charge in [-0.3, -0.25) is 4.79 Å². The van der Waals surface area contributed by atoms with Crippen molar-refractivity contribution in [1.82, 2.24) is 5.32 Å². The summed E-state index contributed by atoms with van der Waals surface area (Å²) in [6.07, 6.45) is 3.15. The summed E-state index contributed by atoms with van der Waals surface area (Å²) in [5.41, 5.74) is 8.00. The van der Waals surface area contributed by atoms with Gasteiger partial charge in [0.05, 0.1) is 12.1 Å². The van der Waals surface area contributed by atoms with Crippen LogP contribution in [0.3, 0.4) is 0 Å². The van der Waals surface area contributed by atoms with Gasteiger partial charge in [0.2, 0.25) is 0 Å². The number of nitrogens with two attached hydrogens (primary N) is 1. The molecule has 2 aliphatic rings. The molecule has 3 N–H and O–H groups in total. The fourth-order valence-corrected chi connectivity index (χ4v) is 3.41. The third-order valence-corrected chi connectivity index (χ3v) is 4.62. The molecule has 0 radical (unpaired) electrons. The first-order chi connectivity index (χ1) is 9.72. The van der Waals surface area contributed by atoms with E-state index >= 15 is 0 Å². The minimum Gasteiger partial charge on any atom is -0.376 e. The van der Waals surface area contributed by atoms with Gasteiger partial charge in [-0.1, -0.05) is 25.1 Å². The summed E-state index contributed by atoms with van der Waals surface area (Å²) in [5.74, 6) is 0.381. The van der Waals surface area contributed by atoms with E-state index < -0.39 is 0 Å². The van der Waals surface area contributed by atoms with Gasteiger partial charge in [0.1, 0.15) is 0 Å². The van der Waals surface area contributed by atoms with Gasteiger partial charge in [-0.05, 0) is 30.9 Å². The number of carbonyl (C=O) groups excluding carboxylic acids is 1. The first-order valence-corrected chi connectivity index (χ1v) is 7.48. The van der Waals surface area contributed by atoms with Gasteiger partial charge in [0.15, 0.2) is 0 Å². The summed E-state index contributed by atoms with van der Waals surface area (Å²) in [7, 11) is 0. The lowest BCUT2D eigenvalue weighted by atomic mass is 9.68. The van der Waals surface area contributed by atoms with Crippen LogP contribution in [0.4, 0.5) is 0 Å². The Kier molecular flexibility index (Phi) is 3.76. The van der Waals surface area contributed by atoms with E-state index in [-0.39, 0.29) is 24.1 Å². The first kappa shape index (κ1) is 13.6. The van der Waals surface area contributed by atoms with Gasteiger partial charge in [-0.25, -0.2) is 0 Å². The largest absolute Gasteiger partial charge is 0.376 e. The van der Waals surface area contributed by atoms with Gasteiger partial charge < -0.3 is 15.8 Å². The van der Waals surface area contributed by atoms with E-state index in [4.69, 9.17) is 10.5 Å². The summed E-state index contributed by atoms with van der Waals surface area (Å²) < 4.78 is 5.76. The number of benzene rings is 1. The molecule has 1 amide bonds. The lowest BCUT2D eigenvalue weighted by Crippen LogP contribution is -2.72. The molecular weight excluding hydrogens is 252 g/mol. The maximum atomic E-state index is 12.4. The molecule has 2 fully saturated rings. The SMILES string of the molecule is CCc1ccccc1C(=O)NC1C(N)C2CCCOC21. The Hall–Kier alpha value is -1.39. The van der Waals surface area contributed by atoms with Crippen molar-refractivity contribution < 1.29 is 9.53 Å². The molecule has 0 aromatic heterocycles. The van der Waals surface area contributed by atoms with Gasteiger partial charge in [-0.15, -0.1) is 0 Å². The van der Waals surface area contributed by atoms with Crippen LogP contribution < -0.4 is 11.1 Å². The number of fused-ring (bicyclic) bond motifs is 1. The van der Waals surface area contributed by atoms with Crippen molar-refractivity contribution in [2.45, 2.75) is 44.4 Å². The molecule has 4 heteroatoms. The van der Waals surface area contributed by atoms with Crippen LogP contribution >= 0.6 is 0 Å². The van der Waals surface area contributed by atoms with E-state index in [2.05, 4.69) is 12.2 Å². The molecule has 1 aliphatic carbocycles. The van der Waals surface area contributed by atoms with E-state index in [1.807, 2.05) is 24.3 Å². The predicted octanol–water partition coefficient (Wildman–Crippen LogP) is 1.48. The zero-order valence-corrected chi connectivity index (χ0v) is 11.8. The number of hydrogen-bond acceptors (Lipinski definition) is 3. The van der Waals surface area contributed by atoms with Crippen molar-refractivity contribution in [2.75, 3.05) is 6.61 Å². The van der Waals surface area contributed by atoms with Crippen LogP contribution in [-0.2, 0) is 11.2 Å². The maximum Gasteiger partial charge on any atom is 0.251 e. The highest BCUT2D eigenvalue weighted by Gasteiger charge is 2.51. The van der Waals surface area contributed by atoms with E-state index in [1.54, 1.807) is 0 Å². The second-order valence-corrected chi connectivity index (χ2v) is 5.73. The number of aryl methyl sites for hydroxylation is 1. The standard InChI is InChI=1S/C16H22N2O2/c1-2-10-6-3-4-7-11(10)16(19)18-14-13(17)12-8-5-9-20-15(12)14/h3-4,6-7,12-15H,2,5,8-9,17H2,1H3,(H,18,19). The lowest BCUT2D eigenvalue weighted by molar-refractivity contribution is -0.117. The van der Waals surface area contributed by atoms with Crippen molar-refractivity contribution in [1.29, 1.82) is 0 Å². The molecule has 0 spiro atoms. The molecule has 1 aromatic carbocycles. The Morgan fingerprint density at radius 3 is 3.05 bits per heavy atom. The van der Waals surface area contributed by atoms with Crippen LogP contribution in [0.25, 0.3) is 0 Å². The predicted molar refractivity (Wildman–Crippen MR) is 77.5 cm³/mol. The van der Waals surface area contributed by atoms with Crippen LogP contribution in [0, 0.1) is 5.92 Å². The molecule has 1 saturated carbocycles. The average molecular weight is 274 g/mol. The molecule has 4 nitrogen and oxygen atoms in total. The van der Waals surface area contributed by atoms with Crippen LogP contribution in [0.15, 0.2) is 24.3 Å². The van der Waals surface area contributed by atoms with Crippen LogP contribution in [0.5, 0.6) is 0 Å². The molecular formula is C16H22N2O2. The van der Waals surface area contributed by atoms with Gasteiger partial charge in [0.25, 0.3) is 5.91 Å². The second-order valence-electron chi connectivity index (χ2n) is 5.73. The molecule has 1 aliphatic heterocycles. The molecule has 20 heavy (non-hydrogen) atoms. The molecule has 3 rings (SSSR count). The second kappa shape index (κ2) is 5.54. The molecule has 4 unspecified atom stereocenters. The fraction of sp³-hybridized carbons (Fsp3) is 0.562. The molecule has 108 valence electrons. The van der Waals surface area contributed by atoms with Crippen molar-refractivity contribution in [3.63, 3.8) is 0 Å². The summed E-state index contributed by atoms with van der Waals surface area (Å²) in [4.78, 5) is 12.4. The van der Waals surface area contributed by atoms with E-state index in [9.17, 15) is 4.79 Å². The van der Waals surface area contributed by atoms with E-state index in [1.165, 1.54) is 0 Å². The smallest absolute Gasteiger partial charge is 0.251 e. The topological polar surface area (TPSA) is 64.4 Å². The van der Waals surface area contributed by atoms with Gasteiger partial charge in [0, 0.05) is 24.1 Å². The lowest BCUT2D eigenvalue weighted by Gasteiger charge is -2.52. The summed E-state index contributed by atoms with van der Waals surface area (Å²) >= 11 is 0. The average Bonchev–Trinajstić information content (AvgIpc) is 2.51. The third kappa shape index (κ3) is 2.23. The Balaban J connectivity index is 1.70. The minimum absolute atomic E-state index is 0.0260. The Labute approximate surface area is 119 Å². The maximum absolute atomic E-state index is 12.4. The Morgan fingerprint density at radius 1 is 1.45 bits per heavy atom. The zero-order chi connectivity index (χ0) is 14.1. The Bertz CT molecular complexity index is 503. The van der Waals surface area contributed by atoms with Crippen LogP contribution in [0.2, 0.25) is 0 Å². The summed E-state index contributed by atoms with van der Waals surface area (Å²) in [6, 6.07) is 7.71. The van der Waals surface area contributed by atoms with Crippen molar-refractivity contribution >= 4 is 5.91 Å². The van der Waals surface area contributed by atoms with Crippen LogP contribution in [-0.4, -0.2) is 30.7 Å². The molecule has 1 aromatic rings. The van der Waals surface area contributed by atoms with Crippen LogP contribution in [0.1, 0.15) is 35.7 Å². The number of carbonyl (C=O) groups is 1. The molecule has 1 saturated heterocycles. The summed E-state index contributed by atoms with van der Waals surface area (Å²) in [5, 5.41) is 3.07. The highest BCUT2D eigenvalue weighted by Crippen LogP contribution is 2.37. The number of nitrogens with one attached hydrogen (secondary N) is 1. The van der Waals surface area contributed by atoms with E-state index in [0.29, 0.717) is 5.92 Å². The highest BCUT2D eigenvalue weighted by molar-refractivity contribution is 5.96. The normalized spacial score (nSPS) is 32.1. The number of hydrogen-bond donors (Lipinski definition) is 2. The fourth-order valence-electron chi connectivity index (χ4n) is 3.41. The van der Waals surface area contributed by atoms with Gasteiger partial charge in [-0.2, -0.15) is 0 Å². The zero-order valence-electron chi connectivity index (χ0n) is 11.8.